The molecule has 0 aliphatic carbocycles. The van der Waals surface area contributed by atoms with Crippen molar-refractivity contribution < 1.29 is 14.3 Å². The molecule has 1 heterocycles. The summed E-state index contributed by atoms with van der Waals surface area (Å²) >= 11 is 0. The smallest absolute Gasteiger partial charge is 0.357 e. The van der Waals surface area contributed by atoms with E-state index in [1.807, 2.05) is 6.92 Å². The van der Waals surface area contributed by atoms with Crippen molar-refractivity contribution in [1.29, 1.82) is 0 Å². The molecule has 1 atom stereocenters. The number of carboxylic acids is 1. The fourth-order valence-electron chi connectivity index (χ4n) is 1.40. The topological polar surface area (TPSA) is 76.2 Å². The van der Waals surface area contributed by atoms with Crippen LogP contribution in [0.5, 0.6) is 0 Å². The minimum absolute atomic E-state index is 0.287. The first kappa shape index (κ1) is 12.6. The lowest BCUT2D eigenvalue weighted by atomic mass is 10.0. The summed E-state index contributed by atoms with van der Waals surface area (Å²) in [5.41, 5.74) is 5.80. The average Bonchev–Trinajstić information content (AvgIpc) is 2.25. The third-order valence-corrected chi connectivity index (χ3v) is 2.36. The van der Waals surface area contributed by atoms with Crippen molar-refractivity contribution in [2.45, 2.75) is 32.2 Å². The molecule has 0 bridgehead atoms. The highest BCUT2D eigenvalue weighted by Crippen LogP contribution is 2.17. The molecule has 1 aromatic rings. The SMILES string of the molecule is CCCCC(N)c1cnc(C(=O)O)c(F)c1. The zero-order chi connectivity index (χ0) is 12.1. The quantitative estimate of drug-likeness (QED) is 0.806. The van der Waals surface area contributed by atoms with Crippen molar-refractivity contribution in [1.82, 2.24) is 4.98 Å². The summed E-state index contributed by atoms with van der Waals surface area (Å²) in [4.78, 5) is 14.1. The van der Waals surface area contributed by atoms with Crippen LogP contribution in [0.2, 0.25) is 0 Å². The number of unbranched alkanes of at least 4 members (excludes halogenated alkanes) is 1. The Morgan fingerprint density at radius 3 is 2.88 bits per heavy atom. The first-order valence-corrected chi connectivity index (χ1v) is 5.20. The van der Waals surface area contributed by atoms with E-state index in [9.17, 15) is 9.18 Å². The van der Waals surface area contributed by atoms with Crippen LogP contribution >= 0.6 is 0 Å². The molecular weight excluding hydrogens is 211 g/mol. The van der Waals surface area contributed by atoms with Gasteiger partial charge in [0.2, 0.25) is 0 Å². The van der Waals surface area contributed by atoms with E-state index in [1.54, 1.807) is 0 Å². The van der Waals surface area contributed by atoms with Gasteiger partial charge in [-0.25, -0.2) is 14.2 Å². The zero-order valence-electron chi connectivity index (χ0n) is 9.11. The summed E-state index contributed by atoms with van der Waals surface area (Å²) in [6.45, 7) is 2.04. The van der Waals surface area contributed by atoms with Crippen molar-refractivity contribution in [3.05, 3.63) is 29.3 Å². The maximum absolute atomic E-state index is 13.3. The second kappa shape index (κ2) is 5.55. The molecule has 1 rings (SSSR count). The van der Waals surface area contributed by atoms with Gasteiger partial charge in [-0.1, -0.05) is 19.8 Å². The van der Waals surface area contributed by atoms with Gasteiger partial charge in [0.25, 0.3) is 0 Å². The van der Waals surface area contributed by atoms with Gasteiger partial charge in [-0.2, -0.15) is 0 Å². The summed E-state index contributed by atoms with van der Waals surface area (Å²) < 4.78 is 13.3. The van der Waals surface area contributed by atoms with Crippen LogP contribution in [0.3, 0.4) is 0 Å². The lowest BCUT2D eigenvalue weighted by Crippen LogP contribution is -2.13. The Kier molecular flexibility index (Phi) is 4.37. The summed E-state index contributed by atoms with van der Waals surface area (Å²) in [6.07, 6.45) is 4.02. The number of aromatic nitrogens is 1. The maximum Gasteiger partial charge on any atom is 0.357 e. The average molecular weight is 226 g/mol. The predicted molar refractivity (Wildman–Crippen MR) is 57.6 cm³/mol. The van der Waals surface area contributed by atoms with Gasteiger partial charge in [-0.3, -0.25) is 0 Å². The van der Waals surface area contributed by atoms with Gasteiger partial charge in [0, 0.05) is 12.2 Å². The largest absolute Gasteiger partial charge is 0.476 e. The number of halogens is 1. The van der Waals surface area contributed by atoms with Crippen LogP contribution in [0.1, 0.15) is 48.3 Å². The van der Waals surface area contributed by atoms with Crippen LogP contribution in [0, 0.1) is 5.82 Å². The van der Waals surface area contributed by atoms with Crippen LogP contribution < -0.4 is 5.73 Å². The molecule has 0 aromatic carbocycles. The second-order valence-electron chi connectivity index (χ2n) is 3.65. The first-order chi connectivity index (χ1) is 7.56. The molecule has 1 aromatic heterocycles. The molecule has 16 heavy (non-hydrogen) atoms. The summed E-state index contributed by atoms with van der Waals surface area (Å²) in [5.74, 6) is -2.21. The fraction of sp³-hybridized carbons (Fsp3) is 0.455. The molecule has 0 fully saturated rings. The van der Waals surface area contributed by atoms with Crippen molar-refractivity contribution >= 4 is 5.97 Å². The molecule has 3 N–H and O–H groups in total. The minimum Gasteiger partial charge on any atom is -0.476 e. The van der Waals surface area contributed by atoms with Gasteiger partial charge in [0.1, 0.15) is 0 Å². The number of carbonyl (C=O) groups is 1. The second-order valence-corrected chi connectivity index (χ2v) is 3.65. The lowest BCUT2D eigenvalue weighted by molar-refractivity contribution is 0.0685. The molecule has 5 heteroatoms. The normalized spacial score (nSPS) is 12.4. The summed E-state index contributed by atoms with van der Waals surface area (Å²) in [7, 11) is 0. The first-order valence-electron chi connectivity index (χ1n) is 5.20. The third kappa shape index (κ3) is 3.00. The Morgan fingerprint density at radius 2 is 2.38 bits per heavy atom. The fourth-order valence-corrected chi connectivity index (χ4v) is 1.40. The number of aromatic carboxylic acids is 1. The maximum atomic E-state index is 13.3. The Hall–Kier alpha value is -1.49. The van der Waals surface area contributed by atoms with E-state index in [0.717, 1.165) is 25.3 Å². The van der Waals surface area contributed by atoms with E-state index in [-0.39, 0.29) is 6.04 Å². The van der Waals surface area contributed by atoms with Crippen LogP contribution in [0.4, 0.5) is 4.39 Å². The molecule has 0 amide bonds. The molecule has 0 spiro atoms. The highest BCUT2D eigenvalue weighted by Gasteiger charge is 2.14. The highest BCUT2D eigenvalue weighted by molar-refractivity contribution is 5.85. The number of pyridine rings is 1. The predicted octanol–water partition coefficient (Wildman–Crippen LogP) is 2.11. The molecule has 1 unspecified atom stereocenters. The monoisotopic (exact) mass is 226 g/mol. The minimum atomic E-state index is -1.37. The highest BCUT2D eigenvalue weighted by atomic mass is 19.1. The number of nitrogens with zero attached hydrogens (tertiary/aromatic N) is 1. The van der Waals surface area contributed by atoms with E-state index in [2.05, 4.69) is 4.98 Å². The van der Waals surface area contributed by atoms with E-state index >= 15 is 0 Å². The van der Waals surface area contributed by atoms with Gasteiger partial charge < -0.3 is 10.8 Å². The molecular formula is C11H15FN2O2. The third-order valence-electron chi connectivity index (χ3n) is 2.36. The van der Waals surface area contributed by atoms with Gasteiger partial charge in [-0.05, 0) is 18.1 Å². The number of hydrogen-bond acceptors (Lipinski definition) is 3. The Labute approximate surface area is 93.3 Å². The van der Waals surface area contributed by atoms with Crippen LogP contribution in [-0.2, 0) is 0 Å². The van der Waals surface area contributed by atoms with E-state index in [1.165, 1.54) is 6.20 Å². The van der Waals surface area contributed by atoms with E-state index < -0.39 is 17.5 Å². The van der Waals surface area contributed by atoms with Crippen molar-refractivity contribution in [2.24, 2.45) is 5.73 Å². The zero-order valence-corrected chi connectivity index (χ0v) is 9.11. The van der Waals surface area contributed by atoms with Gasteiger partial charge in [0.05, 0.1) is 0 Å². The Bertz CT molecular complexity index is 382. The van der Waals surface area contributed by atoms with Crippen LogP contribution in [-0.4, -0.2) is 16.1 Å². The van der Waals surface area contributed by atoms with Crippen LogP contribution in [0.25, 0.3) is 0 Å². The Balaban J connectivity index is 2.84. The van der Waals surface area contributed by atoms with Crippen molar-refractivity contribution in [3.63, 3.8) is 0 Å². The molecule has 88 valence electrons. The van der Waals surface area contributed by atoms with Crippen LogP contribution in [0.15, 0.2) is 12.3 Å². The molecule has 0 saturated carbocycles. The van der Waals surface area contributed by atoms with Crippen molar-refractivity contribution in [3.8, 4) is 0 Å². The summed E-state index contributed by atoms with van der Waals surface area (Å²) in [5, 5.41) is 8.60. The molecule has 0 radical (unpaired) electrons. The van der Waals surface area contributed by atoms with E-state index in [4.69, 9.17) is 10.8 Å². The summed E-state index contributed by atoms with van der Waals surface area (Å²) in [6, 6.07) is 0.862. The molecule has 4 nitrogen and oxygen atoms in total. The standard InChI is InChI=1S/C11H15FN2O2/c1-2-3-4-9(13)7-5-8(12)10(11(15)16)14-6-7/h5-6,9H,2-4,13H2,1H3,(H,15,16). The van der Waals surface area contributed by atoms with E-state index in [0.29, 0.717) is 5.56 Å². The van der Waals surface area contributed by atoms with Gasteiger partial charge in [-0.15, -0.1) is 0 Å². The van der Waals surface area contributed by atoms with Gasteiger partial charge >= 0.3 is 5.97 Å². The number of carboxylic acid groups (broad SMARTS) is 1. The number of nitrogens with two attached hydrogens (primary N) is 1. The number of hydrogen-bond donors (Lipinski definition) is 2. The Morgan fingerprint density at radius 1 is 1.69 bits per heavy atom. The molecule has 0 saturated heterocycles. The lowest BCUT2D eigenvalue weighted by Gasteiger charge is -2.11. The molecule has 0 aliphatic heterocycles. The van der Waals surface area contributed by atoms with Crippen molar-refractivity contribution in [2.75, 3.05) is 0 Å². The number of rotatable bonds is 5. The molecule has 0 aliphatic rings. The van der Waals surface area contributed by atoms with Gasteiger partial charge in [0.15, 0.2) is 11.5 Å².